The fourth-order valence-electron chi connectivity index (χ4n) is 3.89. The highest BCUT2D eigenvalue weighted by Gasteiger charge is 2.31. The van der Waals surface area contributed by atoms with E-state index in [1.165, 1.54) is 14.1 Å². The van der Waals surface area contributed by atoms with Crippen LogP contribution in [0.2, 0.25) is 10.0 Å². The van der Waals surface area contributed by atoms with E-state index in [0.29, 0.717) is 10.0 Å². The second-order valence-corrected chi connectivity index (χ2v) is 8.15. The van der Waals surface area contributed by atoms with Gasteiger partial charge in [0, 0.05) is 19.7 Å². The number of carbonyl (C=O) groups is 1. The highest BCUT2D eigenvalue weighted by molar-refractivity contribution is 6.42. The Kier molecular flexibility index (Phi) is 6.36. The van der Waals surface area contributed by atoms with E-state index >= 15 is 0 Å². The molecular formula is C20H20Cl3N5O3. The van der Waals surface area contributed by atoms with E-state index in [1.807, 2.05) is 16.8 Å². The molecule has 0 aliphatic carbocycles. The molecular weight excluding hydrogens is 465 g/mol. The maximum absolute atomic E-state index is 13.0. The second kappa shape index (κ2) is 8.53. The molecule has 0 amide bonds. The summed E-state index contributed by atoms with van der Waals surface area (Å²) in [4.78, 5) is 37.6. The number of benzene rings is 1. The lowest BCUT2D eigenvalue weighted by atomic mass is 10.1. The Bertz CT molecular complexity index is 1320. The summed E-state index contributed by atoms with van der Waals surface area (Å²) >= 11 is 12.2. The molecule has 8 nitrogen and oxygen atoms in total. The molecule has 0 atom stereocenters. The van der Waals surface area contributed by atoms with Gasteiger partial charge in [-0.25, -0.2) is 13.9 Å². The molecule has 2 aromatic heterocycles. The normalized spacial score (nSPS) is 12.5. The Morgan fingerprint density at radius 1 is 1.16 bits per heavy atom. The van der Waals surface area contributed by atoms with Crippen molar-refractivity contribution in [1.29, 1.82) is 0 Å². The molecule has 11 heteroatoms. The van der Waals surface area contributed by atoms with Crippen LogP contribution in [0.25, 0.3) is 11.3 Å². The number of nitrogens with zero attached hydrogens (tertiary/aromatic N) is 4. The minimum Gasteiger partial charge on any atom is -1.00 e. The van der Waals surface area contributed by atoms with Gasteiger partial charge in [0.05, 0.1) is 23.0 Å². The fraction of sp³-hybridized carbons (Fsp3) is 0.300. The number of nitrogen functional groups attached to an aromatic ring is 1. The largest absolute Gasteiger partial charge is 1.00 e. The van der Waals surface area contributed by atoms with Gasteiger partial charge < -0.3 is 18.1 Å². The van der Waals surface area contributed by atoms with Crippen LogP contribution in [-0.2, 0) is 33.6 Å². The first kappa shape index (κ1) is 23.1. The molecule has 0 spiro atoms. The highest BCUT2D eigenvalue weighted by Crippen LogP contribution is 2.30. The summed E-state index contributed by atoms with van der Waals surface area (Å²) in [7, 11) is 2.76. The van der Waals surface area contributed by atoms with Crippen LogP contribution in [0.5, 0.6) is 0 Å². The maximum atomic E-state index is 13.0. The molecule has 0 radical (unpaired) electrons. The predicted molar refractivity (Wildman–Crippen MR) is 114 cm³/mol. The van der Waals surface area contributed by atoms with Gasteiger partial charge in [-0.05, 0) is 24.6 Å². The average Bonchev–Trinajstić information content (AvgIpc) is 3.31. The number of nitrogens with two attached hydrogens (primary N) is 1. The van der Waals surface area contributed by atoms with Crippen LogP contribution in [0, 0.1) is 0 Å². The van der Waals surface area contributed by atoms with Gasteiger partial charge >= 0.3 is 5.69 Å². The summed E-state index contributed by atoms with van der Waals surface area (Å²) in [5.41, 5.74) is 6.28. The van der Waals surface area contributed by atoms with E-state index in [0.717, 1.165) is 45.6 Å². The predicted octanol–water partition coefficient (Wildman–Crippen LogP) is -1.44. The quantitative estimate of drug-likeness (QED) is 0.362. The third kappa shape index (κ3) is 3.79. The molecule has 0 saturated heterocycles. The topological polar surface area (TPSA) is 95.9 Å². The van der Waals surface area contributed by atoms with Crippen LogP contribution < -0.4 is 34.0 Å². The summed E-state index contributed by atoms with van der Waals surface area (Å²) in [5, 5.41) is 0.921. The molecule has 0 bridgehead atoms. The average molecular weight is 485 g/mol. The zero-order chi connectivity index (χ0) is 21.7. The van der Waals surface area contributed by atoms with Crippen molar-refractivity contribution in [2.75, 3.05) is 5.73 Å². The number of aromatic nitrogens is 4. The number of hydrogen-bond donors (Lipinski definition) is 1. The first-order valence-electron chi connectivity index (χ1n) is 9.36. The molecule has 0 fully saturated rings. The van der Waals surface area contributed by atoms with Gasteiger partial charge in [-0.3, -0.25) is 18.7 Å². The Hall–Kier alpha value is -2.55. The van der Waals surface area contributed by atoms with E-state index in [-0.39, 0.29) is 30.3 Å². The van der Waals surface area contributed by atoms with E-state index in [4.69, 9.17) is 28.9 Å². The van der Waals surface area contributed by atoms with Crippen molar-refractivity contribution < 1.29 is 21.8 Å². The standard InChI is InChI=1S/C20H19Cl2N5O3.ClH/c1-24-18(23)17(19(29)25(2)20(24)30)15(28)10-26-9-14(27-7-3-4-16(26)27)11-5-6-12(21)13(22)8-11;/h5-6,8-9H,3-4,7,10H2,1-2H3,(H-,23,28,29);1H. The van der Waals surface area contributed by atoms with Crippen LogP contribution in [0.3, 0.4) is 0 Å². The van der Waals surface area contributed by atoms with Crippen molar-refractivity contribution in [3.05, 3.63) is 66.7 Å². The molecule has 1 aromatic carbocycles. The number of imidazole rings is 1. The molecule has 3 heterocycles. The SMILES string of the molecule is Cn1c(N)c(C(=O)C[n+]2cc(-c3ccc(Cl)c(Cl)c3)n3c2CCC3)c(=O)n(C)c1=O.[Cl-]. The Morgan fingerprint density at radius 2 is 1.87 bits per heavy atom. The lowest BCUT2D eigenvalue weighted by Crippen LogP contribution is -3.00. The molecule has 0 saturated carbocycles. The number of ketones is 1. The lowest BCUT2D eigenvalue weighted by Gasteiger charge is -2.10. The molecule has 3 aromatic rings. The fourth-order valence-corrected chi connectivity index (χ4v) is 4.19. The number of halogens is 3. The minimum atomic E-state index is -0.693. The van der Waals surface area contributed by atoms with Gasteiger partial charge in [0.25, 0.3) is 11.4 Å². The van der Waals surface area contributed by atoms with Crippen molar-refractivity contribution in [1.82, 2.24) is 13.7 Å². The monoisotopic (exact) mass is 483 g/mol. The van der Waals surface area contributed by atoms with Gasteiger partial charge in [0.1, 0.15) is 17.6 Å². The first-order chi connectivity index (χ1) is 14.2. The number of hydrogen-bond acceptors (Lipinski definition) is 4. The van der Waals surface area contributed by atoms with Gasteiger partial charge in [0.2, 0.25) is 5.78 Å². The van der Waals surface area contributed by atoms with Crippen LogP contribution in [-0.4, -0.2) is 19.5 Å². The second-order valence-electron chi connectivity index (χ2n) is 7.33. The van der Waals surface area contributed by atoms with E-state index in [9.17, 15) is 14.4 Å². The minimum absolute atomic E-state index is 0. The van der Waals surface area contributed by atoms with E-state index < -0.39 is 17.0 Å². The molecule has 1 aliphatic rings. The van der Waals surface area contributed by atoms with Crippen LogP contribution in [0.15, 0.2) is 34.0 Å². The van der Waals surface area contributed by atoms with Gasteiger partial charge in [-0.15, -0.1) is 0 Å². The zero-order valence-corrected chi connectivity index (χ0v) is 19.1. The number of anilines is 1. The van der Waals surface area contributed by atoms with Crippen LogP contribution in [0.4, 0.5) is 5.82 Å². The number of rotatable bonds is 4. The number of fused-ring (bicyclic) bond motifs is 1. The summed E-state index contributed by atoms with van der Waals surface area (Å²) in [5.74, 6) is 0.397. The van der Waals surface area contributed by atoms with Crippen molar-refractivity contribution >= 4 is 34.8 Å². The van der Waals surface area contributed by atoms with Crippen LogP contribution >= 0.6 is 23.2 Å². The van der Waals surface area contributed by atoms with Crippen LogP contribution in [0.1, 0.15) is 22.6 Å². The van der Waals surface area contributed by atoms with E-state index in [1.54, 1.807) is 12.1 Å². The molecule has 164 valence electrons. The number of carbonyl (C=O) groups excluding carboxylic acids is 1. The molecule has 31 heavy (non-hydrogen) atoms. The van der Waals surface area contributed by atoms with Crippen molar-refractivity contribution in [3.63, 3.8) is 0 Å². The third-order valence-electron chi connectivity index (χ3n) is 5.51. The summed E-state index contributed by atoms with van der Waals surface area (Å²) in [6.45, 7) is 0.754. The van der Waals surface area contributed by atoms with Crippen molar-refractivity contribution in [3.8, 4) is 11.3 Å². The highest BCUT2D eigenvalue weighted by atomic mass is 35.5. The van der Waals surface area contributed by atoms with Crippen molar-refractivity contribution in [2.45, 2.75) is 25.9 Å². The first-order valence-corrected chi connectivity index (χ1v) is 10.1. The van der Waals surface area contributed by atoms with Gasteiger partial charge in [-0.1, -0.05) is 23.2 Å². The van der Waals surface area contributed by atoms with Crippen molar-refractivity contribution in [2.24, 2.45) is 14.1 Å². The Balaban J connectivity index is 0.00000272. The number of Topliss-reactive ketones (excluding diaryl/α,β-unsaturated/α-hetero) is 1. The molecule has 1 aliphatic heterocycles. The summed E-state index contributed by atoms with van der Waals surface area (Å²) < 4.78 is 5.95. The molecule has 0 unspecified atom stereocenters. The molecule has 2 N–H and O–H groups in total. The Morgan fingerprint density at radius 3 is 2.55 bits per heavy atom. The third-order valence-corrected chi connectivity index (χ3v) is 6.25. The molecule has 4 rings (SSSR count). The summed E-state index contributed by atoms with van der Waals surface area (Å²) in [6.07, 6.45) is 3.62. The van der Waals surface area contributed by atoms with E-state index in [2.05, 4.69) is 4.57 Å². The van der Waals surface area contributed by atoms with Gasteiger partial charge in [-0.2, -0.15) is 0 Å². The Labute approximate surface area is 193 Å². The lowest BCUT2D eigenvalue weighted by molar-refractivity contribution is -0.689. The maximum Gasteiger partial charge on any atom is 0.332 e. The smallest absolute Gasteiger partial charge is 0.332 e. The summed E-state index contributed by atoms with van der Waals surface area (Å²) in [6, 6.07) is 5.40. The zero-order valence-electron chi connectivity index (χ0n) is 16.9. The van der Waals surface area contributed by atoms with Gasteiger partial charge in [0.15, 0.2) is 12.2 Å².